The Balaban J connectivity index is 0.000000219. The molecule has 324 valence electrons. The smallest absolute Gasteiger partial charge is 0.310 e. The van der Waals surface area contributed by atoms with Crippen LogP contribution in [0.1, 0.15) is 88.2 Å². The van der Waals surface area contributed by atoms with E-state index in [9.17, 15) is 41.1 Å². The fourth-order valence-electron chi connectivity index (χ4n) is 7.07. The molecule has 0 heterocycles. The van der Waals surface area contributed by atoms with Gasteiger partial charge in [0.1, 0.15) is 0 Å². The van der Waals surface area contributed by atoms with Crippen molar-refractivity contribution in [2.75, 3.05) is 40.3 Å². The van der Waals surface area contributed by atoms with Crippen LogP contribution in [0.15, 0.2) is 58.3 Å². The number of carboxylic acid groups (broad SMARTS) is 4. The molecule has 4 saturated carbocycles. The van der Waals surface area contributed by atoms with Gasteiger partial charge in [-0.25, -0.2) is 21.6 Å². The number of rotatable bonds is 15. The largest absolute Gasteiger partial charge is 0.481 e. The molecule has 18 heteroatoms. The number of hydrogen-bond acceptors (Lipinski definition) is 10. The van der Waals surface area contributed by atoms with E-state index in [2.05, 4.69) is 10.0 Å². The predicted octanol–water partition coefficient (Wildman–Crippen LogP) is 4.06. The van der Waals surface area contributed by atoms with Gasteiger partial charge >= 0.3 is 23.9 Å². The van der Waals surface area contributed by atoms with E-state index in [0.29, 0.717) is 38.8 Å². The zero-order valence-electron chi connectivity index (χ0n) is 33.8. The quantitative estimate of drug-likeness (QED) is 0.133. The van der Waals surface area contributed by atoms with E-state index in [1.807, 2.05) is 13.8 Å². The third-order valence-corrected chi connectivity index (χ3v) is 15.4. The molecule has 4 fully saturated rings. The van der Waals surface area contributed by atoms with Gasteiger partial charge in [0.15, 0.2) is 0 Å². The first kappa shape index (κ1) is 48.4. The molecule has 4 aliphatic rings. The molecule has 6 rings (SSSR count). The molecule has 0 radical (unpaired) electrons. The van der Waals surface area contributed by atoms with Crippen molar-refractivity contribution < 1.29 is 56.4 Å². The highest BCUT2D eigenvalue weighted by Crippen LogP contribution is 2.43. The minimum Gasteiger partial charge on any atom is -0.481 e. The fourth-order valence-corrected chi connectivity index (χ4v) is 9.45. The molecule has 58 heavy (non-hydrogen) atoms. The highest BCUT2D eigenvalue weighted by molar-refractivity contribution is 7.89. The Labute approximate surface area is 341 Å². The number of nitrogens with one attached hydrogen (secondary N) is 2. The van der Waals surface area contributed by atoms with E-state index in [1.165, 1.54) is 19.2 Å². The Morgan fingerprint density at radius 3 is 1.21 bits per heavy atom. The molecule has 0 aliphatic heterocycles. The van der Waals surface area contributed by atoms with Crippen LogP contribution in [0.2, 0.25) is 0 Å². The lowest BCUT2D eigenvalue weighted by atomic mass is 9.69. The molecule has 2 aromatic rings. The second kappa shape index (κ2) is 19.9. The molecular weight excluding hydrogens is 793 g/mol. The van der Waals surface area contributed by atoms with Gasteiger partial charge in [-0.15, -0.1) is 0 Å². The summed E-state index contributed by atoms with van der Waals surface area (Å²) in [7, 11) is -4.02. The number of sulfonamides is 2. The summed E-state index contributed by atoms with van der Waals surface area (Å²) < 4.78 is 52.5. The second-order valence-electron chi connectivity index (χ2n) is 16.2. The lowest BCUT2D eigenvalue weighted by molar-refractivity contribution is -0.155. The molecule has 0 amide bonds. The summed E-state index contributed by atoms with van der Waals surface area (Å²) in [5.74, 6) is -3.20. The van der Waals surface area contributed by atoms with Gasteiger partial charge in [-0.2, -0.15) is 4.31 Å². The van der Waals surface area contributed by atoms with Crippen molar-refractivity contribution in [2.45, 2.75) is 101 Å². The molecular formula is C40H60N4O12S2. The first-order chi connectivity index (χ1) is 27.1. The summed E-state index contributed by atoms with van der Waals surface area (Å²) in [5, 5.41) is 38.7. The number of carboxylic acids is 4. The van der Waals surface area contributed by atoms with Crippen LogP contribution in [0, 0.1) is 35.5 Å². The van der Waals surface area contributed by atoms with E-state index in [1.54, 1.807) is 43.4 Å². The van der Waals surface area contributed by atoms with Crippen molar-refractivity contribution in [3.05, 3.63) is 59.7 Å². The van der Waals surface area contributed by atoms with Gasteiger partial charge in [-0.1, -0.05) is 61.1 Å². The predicted molar refractivity (Wildman–Crippen MR) is 216 cm³/mol. The first-order valence-corrected chi connectivity index (χ1v) is 22.4. The highest BCUT2D eigenvalue weighted by Gasteiger charge is 2.47. The standard InChI is InChI=1S/C14H19NO4S.C13H17NO4S.C7H13NO2.C6H11NO2/c1-11-4-6-12(7-5-11)20(18,19)15(2)10-14(13(16)17)8-3-9-14;1-10-3-5-11(6-4-10)19(17,18)14-9-13(12(15)16)7-2-8-13;1-8-5-7(6(9)10)3-2-4-7;7-4-6(5(8)9)2-1-3-6/h4-7H,3,8-10H2,1-2H3,(H,16,17);3-6,14H,2,7-9H2,1H3,(H,15,16);8H,2-5H2,1H3,(H,9,10);1-4,7H2,(H,8,9). The van der Waals surface area contributed by atoms with Gasteiger partial charge < -0.3 is 31.5 Å². The van der Waals surface area contributed by atoms with Crippen LogP contribution >= 0.6 is 0 Å². The maximum atomic E-state index is 12.4. The summed E-state index contributed by atoms with van der Waals surface area (Å²) in [6, 6.07) is 13.0. The SMILES string of the molecule is CNCC1(C(=O)O)CCC1.Cc1ccc(S(=O)(=O)N(C)CC2(C(=O)O)CCC2)cc1.Cc1ccc(S(=O)(=O)NCC2(C(=O)O)CCC2)cc1.NCC1(C(=O)O)CCC1. The normalized spacial score (nSPS) is 19.2. The third-order valence-electron chi connectivity index (χ3n) is 12.1. The molecule has 0 bridgehead atoms. The topological polar surface area (TPSA) is 271 Å². The first-order valence-electron chi connectivity index (χ1n) is 19.4. The van der Waals surface area contributed by atoms with Crippen molar-refractivity contribution in [2.24, 2.45) is 27.4 Å². The maximum absolute atomic E-state index is 12.4. The zero-order chi connectivity index (χ0) is 43.6. The number of nitrogens with two attached hydrogens (primary N) is 1. The number of benzene rings is 2. The van der Waals surface area contributed by atoms with Gasteiger partial charge in [-0.05, 0) is 96.5 Å². The minimum atomic E-state index is -3.63. The van der Waals surface area contributed by atoms with Crippen molar-refractivity contribution in [1.82, 2.24) is 14.3 Å². The number of carbonyl (C=O) groups is 4. The molecule has 0 atom stereocenters. The van der Waals surface area contributed by atoms with E-state index in [0.717, 1.165) is 66.8 Å². The number of nitrogens with zero attached hydrogens (tertiary/aromatic N) is 1. The van der Waals surface area contributed by atoms with Crippen LogP contribution in [0.25, 0.3) is 0 Å². The molecule has 2 aromatic carbocycles. The van der Waals surface area contributed by atoms with Crippen LogP contribution < -0.4 is 15.8 Å². The molecule has 4 aliphatic carbocycles. The van der Waals surface area contributed by atoms with Crippen LogP contribution in [0.3, 0.4) is 0 Å². The van der Waals surface area contributed by atoms with Gasteiger partial charge in [0.05, 0.1) is 31.5 Å². The van der Waals surface area contributed by atoms with E-state index >= 15 is 0 Å². The fraction of sp³-hybridized carbons (Fsp3) is 0.600. The Bertz CT molecular complexity index is 1950. The molecule has 0 spiro atoms. The van der Waals surface area contributed by atoms with E-state index in [-0.39, 0.29) is 22.9 Å². The van der Waals surface area contributed by atoms with E-state index in [4.69, 9.17) is 21.1 Å². The Kier molecular flexibility index (Phi) is 16.6. The molecule has 0 aromatic heterocycles. The summed E-state index contributed by atoms with van der Waals surface area (Å²) in [4.78, 5) is 44.0. The maximum Gasteiger partial charge on any atom is 0.310 e. The minimum absolute atomic E-state index is 0.0263. The molecule has 0 saturated heterocycles. The van der Waals surface area contributed by atoms with Crippen LogP contribution in [0.4, 0.5) is 0 Å². The van der Waals surface area contributed by atoms with Crippen LogP contribution in [-0.4, -0.2) is 106 Å². The highest BCUT2D eigenvalue weighted by atomic mass is 32.2. The monoisotopic (exact) mass is 852 g/mol. The molecule has 0 unspecified atom stereocenters. The molecule has 16 nitrogen and oxygen atoms in total. The van der Waals surface area contributed by atoms with Gasteiger partial charge in [0.2, 0.25) is 20.0 Å². The summed E-state index contributed by atoms with van der Waals surface area (Å²) in [5.41, 5.74) is 4.45. The number of hydrogen-bond donors (Lipinski definition) is 7. The van der Waals surface area contributed by atoms with Gasteiger partial charge in [0.25, 0.3) is 0 Å². The van der Waals surface area contributed by atoms with Crippen molar-refractivity contribution in [3.8, 4) is 0 Å². The van der Waals surface area contributed by atoms with Crippen molar-refractivity contribution >= 4 is 43.9 Å². The zero-order valence-corrected chi connectivity index (χ0v) is 35.5. The Morgan fingerprint density at radius 1 is 0.603 bits per heavy atom. The lowest BCUT2D eigenvalue weighted by Gasteiger charge is -2.39. The van der Waals surface area contributed by atoms with Gasteiger partial charge in [0, 0.05) is 33.2 Å². The van der Waals surface area contributed by atoms with Crippen LogP contribution in [-0.2, 0) is 39.2 Å². The van der Waals surface area contributed by atoms with Gasteiger partial charge in [-0.3, -0.25) is 19.2 Å². The van der Waals surface area contributed by atoms with Crippen LogP contribution in [0.5, 0.6) is 0 Å². The van der Waals surface area contributed by atoms with E-state index < -0.39 is 65.6 Å². The Morgan fingerprint density at radius 2 is 0.948 bits per heavy atom. The second-order valence-corrected chi connectivity index (χ2v) is 20.0. The summed E-state index contributed by atoms with van der Waals surface area (Å²) in [6.45, 7) is 4.65. The number of aryl methyl sites for hydroxylation is 2. The number of aliphatic carboxylic acids is 4. The summed E-state index contributed by atoms with van der Waals surface area (Å²) >= 11 is 0. The third kappa shape index (κ3) is 11.4. The van der Waals surface area contributed by atoms with Crippen molar-refractivity contribution in [1.29, 1.82) is 0 Å². The lowest BCUT2D eigenvalue weighted by Crippen LogP contribution is -2.48. The average molecular weight is 853 g/mol. The Hall–Kier alpha value is -3.94. The average Bonchev–Trinajstić information content (AvgIpc) is 3.07. The molecule has 8 N–H and O–H groups in total. The van der Waals surface area contributed by atoms with Crippen molar-refractivity contribution in [3.63, 3.8) is 0 Å². The summed E-state index contributed by atoms with van der Waals surface area (Å²) in [6.07, 6.45) is 9.08.